The number of aliphatic imine (C=N–C) groups is 1. The molecule has 0 radical (unpaired) electrons. The van der Waals surface area contributed by atoms with Gasteiger partial charge in [0.2, 0.25) is 0 Å². The number of rotatable bonds is 4. The largest absolute Gasteiger partial charge is 0.370 e. The van der Waals surface area contributed by atoms with Crippen molar-refractivity contribution in [3.63, 3.8) is 0 Å². The zero-order valence-electron chi connectivity index (χ0n) is 15.5. The van der Waals surface area contributed by atoms with Crippen LogP contribution in [0.1, 0.15) is 25.7 Å². The highest BCUT2D eigenvalue weighted by Gasteiger charge is 2.31. The van der Waals surface area contributed by atoms with Gasteiger partial charge in [0.25, 0.3) is 0 Å². The van der Waals surface area contributed by atoms with Crippen LogP contribution in [0.4, 0.5) is 5.69 Å². The number of halogens is 1. The molecule has 3 fully saturated rings. The summed E-state index contributed by atoms with van der Waals surface area (Å²) in [4.78, 5) is 12.0. The van der Waals surface area contributed by atoms with E-state index in [-0.39, 0.29) is 0 Å². The highest BCUT2D eigenvalue weighted by Crippen LogP contribution is 2.30. The zero-order valence-corrected chi connectivity index (χ0v) is 16.2. The van der Waals surface area contributed by atoms with Crippen LogP contribution < -0.4 is 10.6 Å². The third-order valence-electron chi connectivity index (χ3n) is 6.02. The third kappa shape index (κ3) is 4.44. The van der Waals surface area contributed by atoms with E-state index in [2.05, 4.69) is 26.8 Å². The van der Waals surface area contributed by atoms with Gasteiger partial charge < -0.3 is 20.4 Å². The molecule has 0 unspecified atom stereocenters. The number of benzene rings is 1. The molecule has 2 saturated heterocycles. The number of piperazine rings is 1. The number of nitrogens with two attached hydrogens (primary N) is 1. The molecule has 2 aliphatic heterocycles. The van der Waals surface area contributed by atoms with Crippen LogP contribution in [0.5, 0.6) is 0 Å². The average Bonchev–Trinajstić information content (AvgIpc) is 3.53. The number of hydrogen-bond donors (Lipinski definition) is 1. The number of hydrogen-bond acceptors (Lipinski definition) is 3. The maximum atomic E-state index is 6.28. The normalized spacial score (nSPS) is 23.5. The van der Waals surface area contributed by atoms with Gasteiger partial charge in [-0.3, -0.25) is 4.99 Å². The lowest BCUT2D eigenvalue weighted by atomic mass is 9.97. The van der Waals surface area contributed by atoms with Crippen LogP contribution in [-0.4, -0.2) is 67.6 Å². The molecule has 26 heavy (non-hydrogen) atoms. The average molecular weight is 376 g/mol. The molecule has 1 aliphatic carbocycles. The van der Waals surface area contributed by atoms with E-state index in [4.69, 9.17) is 22.3 Å². The maximum Gasteiger partial charge on any atom is 0.191 e. The van der Waals surface area contributed by atoms with Crippen LogP contribution in [-0.2, 0) is 0 Å². The molecular weight excluding hydrogens is 346 g/mol. The van der Waals surface area contributed by atoms with E-state index in [1.807, 2.05) is 12.1 Å². The highest BCUT2D eigenvalue weighted by molar-refractivity contribution is 6.30. The Bertz CT molecular complexity index is 612. The van der Waals surface area contributed by atoms with Crippen LogP contribution in [0.2, 0.25) is 5.02 Å². The summed E-state index contributed by atoms with van der Waals surface area (Å²) in [7, 11) is 0. The summed E-state index contributed by atoms with van der Waals surface area (Å²) in [6.07, 6.45) is 5.38. The Kier molecular flexibility index (Phi) is 5.55. The molecule has 6 heteroatoms. The van der Waals surface area contributed by atoms with Gasteiger partial charge in [-0.2, -0.15) is 0 Å². The summed E-state index contributed by atoms with van der Waals surface area (Å²) < 4.78 is 0. The zero-order chi connectivity index (χ0) is 17.9. The lowest BCUT2D eigenvalue weighted by Crippen LogP contribution is -2.51. The molecule has 1 aromatic carbocycles. The van der Waals surface area contributed by atoms with Crippen molar-refractivity contribution in [2.24, 2.45) is 16.6 Å². The molecule has 142 valence electrons. The minimum absolute atomic E-state index is 0.707. The van der Waals surface area contributed by atoms with Crippen molar-refractivity contribution >= 4 is 23.2 Å². The summed E-state index contributed by atoms with van der Waals surface area (Å²) in [5.74, 6) is 1.43. The molecule has 1 aromatic rings. The first-order chi connectivity index (χ1) is 12.7. The molecular formula is C20H30ClN5. The van der Waals surface area contributed by atoms with Crippen LogP contribution in [0.15, 0.2) is 29.3 Å². The minimum Gasteiger partial charge on any atom is -0.370 e. The predicted molar refractivity (Wildman–Crippen MR) is 109 cm³/mol. The summed E-state index contributed by atoms with van der Waals surface area (Å²) in [5, 5.41) is 0.784. The lowest BCUT2D eigenvalue weighted by Gasteiger charge is -2.37. The molecule has 2 heterocycles. The van der Waals surface area contributed by atoms with Crippen molar-refractivity contribution in [3.8, 4) is 0 Å². The Morgan fingerprint density at radius 1 is 0.962 bits per heavy atom. The van der Waals surface area contributed by atoms with Crippen LogP contribution in [0, 0.1) is 5.92 Å². The smallest absolute Gasteiger partial charge is 0.191 e. The van der Waals surface area contributed by atoms with Gasteiger partial charge in [0, 0.05) is 49.5 Å². The van der Waals surface area contributed by atoms with Crippen molar-refractivity contribution < 1.29 is 0 Å². The van der Waals surface area contributed by atoms with Gasteiger partial charge in [0.15, 0.2) is 5.96 Å². The summed E-state index contributed by atoms with van der Waals surface area (Å²) >= 11 is 5.98. The number of likely N-dealkylation sites (tertiary alicyclic amines) is 1. The fourth-order valence-electron chi connectivity index (χ4n) is 4.11. The molecule has 3 aliphatic rings. The quantitative estimate of drug-likeness (QED) is 0.649. The number of piperidine rings is 1. The van der Waals surface area contributed by atoms with Crippen molar-refractivity contribution in [1.82, 2.24) is 9.80 Å². The van der Waals surface area contributed by atoms with E-state index in [1.54, 1.807) is 0 Å². The fourth-order valence-corrected chi connectivity index (χ4v) is 4.23. The monoisotopic (exact) mass is 375 g/mol. The molecule has 1 saturated carbocycles. The van der Waals surface area contributed by atoms with Gasteiger partial charge in [0.05, 0.1) is 0 Å². The molecule has 0 bridgehead atoms. The molecule has 0 atom stereocenters. The van der Waals surface area contributed by atoms with Crippen LogP contribution in [0.25, 0.3) is 0 Å². The Labute approximate surface area is 161 Å². The second-order valence-electron chi connectivity index (χ2n) is 7.86. The van der Waals surface area contributed by atoms with E-state index in [0.717, 1.165) is 49.7 Å². The summed E-state index contributed by atoms with van der Waals surface area (Å²) in [6, 6.07) is 8.98. The minimum atomic E-state index is 0.707. The first kappa shape index (κ1) is 17.9. The summed E-state index contributed by atoms with van der Waals surface area (Å²) in [6.45, 7) is 7.20. The first-order valence-electron chi connectivity index (χ1n) is 9.98. The Hall–Kier alpha value is -1.46. The molecule has 0 aromatic heterocycles. The standard InChI is InChI=1S/C20H30ClN5/c21-17-1-3-18(4-2-17)25-11-13-26(14-12-25)20(22)23-15-16-7-9-24(10-8-16)19-5-6-19/h1-4,16,19H,5-15H2,(H2,22,23). The number of anilines is 1. The maximum absolute atomic E-state index is 6.28. The molecule has 5 nitrogen and oxygen atoms in total. The lowest BCUT2D eigenvalue weighted by molar-refractivity contribution is 0.179. The number of nitrogens with zero attached hydrogens (tertiary/aromatic N) is 4. The van der Waals surface area contributed by atoms with E-state index in [9.17, 15) is 0 Å². The van der Waals surface area contributed by atoms with Crippen molar-refractivity contribution in [2.75, 3.05) is 50.7 Å². The second-order valence-corrected chi connectivity index (χ2v) is 8.30. The number of guanidine groups is 1. The van der Waals surface area contributed by atoms with E-state index >= 15 is 0 Å². The Balaban J connectivity index is 1.22. The first-order valence-corrected chi connectivity index (χ1v) is 10.4. The second kappa shape index (κ2) is 8.05. The van der Waals surface area contributed by atoms with Gasteiger partial charge in [0.1, 0.15) is 0 Å². The van der Waals surface area contributed by atoms with Gasteiger partial charge in [-0.15, -0.1) is 0 Å². The van der Waals surface area contributed by atoms with Crippen molar-refractivity contribution in [2.45, 2.75) is 31.7 Å². The SMILES string of the molecule is NC(=NCC1CCN(C2CC2)CC1)N1CCN(c2ccc(Cl)cc2)CC1. The topological polar surface area (TPSA) is 48.1 Å². The highest BCUT2D eigenvalue weighted by atomic mass is 35.5. The van der Waals surface area contributed by atoms with Crippen LogP contribution >= 0.6 is 11.6 Å². The van der Waals surface area contributed by atoms with E-state index in [0.29, 0.717) is 5.92 Å². The van der Waals surface area contributed by atoms with E-state index in [1.165, 1.54) is 44.5 Å². The summed E-state index contributed by atoms with van der Waals surface area (Å²) in [5.41, 5.74) is 7.51. The predicted octanol–water partition coefficient (Wildman–Crippen LogP) is 2.65. The van der Waals surface area contributed by atoms with Crippen LogP contribution in [0.3, 0.4) is 0 Å². The third-order valence-corrected chi connectivity index (χ3v) is 6.27. The molecule has 4 rings (SSSR count). The van der Waals surface area contributed by atoms with Crippen molar-refractivity contribution in [1.29, 1.82) is 0 Å². The van der Waals surface area contributed by atoms with Gasteiger partial charge >= 0.3 is 0 Å². The Morgan fingerprint density at radius 2 is 1.62 bits per heavy atom. The van der Waals surface area contributed by atoms with Gasteiger partial charge in [-0.05, 0) is 69.0 Å². The van der Waals surface area contributed by atoms with Crippen molar-refractivity contribution in [3.05, 3.63) is 29.3 Å². The Morgan fingerprint density at radius 3 is 2.23 bits per heavy atom. The molecule has 0 spiro atoms. The van der Waals surface area contributed by atoms with Gasteiger partial charge in [-0.1, -0.05) is 11.6 Å². The molecule has 2 N–H and O–H groups in total. The fraction of sp³-hybridized carbons (Fsp3) is 0.650. The van der Waals surface area contributed by atoms with Gasteiger partial charge in [-0.25, -0.2) is 0 Å². The molecule has 0 amide bonds. The van der Waals surface area contributed by atoms with E-state index < -0.39 is 0 Å².